The fraction of sp³-hybridized carbons (Fsp3) is 0.500. The van der Waals surface area contributed by atoms with Gasteiger partial charge in [0.05, 0.1) is 29.1 Å². The van der Waals surface area contributed by atoms with Crippen LogP contribution < -0.4 is 10.1 Å². The fourth-order valence-electron chi connectivity index (χ4n) is 4.82. The van der Waals surface area contributed by atoms with E-state index < -0.39 is 34.2 Å². The highest BCUT2D eigenvalue weighted by molar-refractivity contribution is 5.92. The van der Waals surface area contributed by atoms with E-state index in [1.165, 1.54) is 12.3 Å². The van der Waals surface area contributed by atoms with E-state index in [4.69, 9.17) is 10.00 Å². The molecule has 6 nitrogen and oxygen atoms in total. The molecule has 1 amide bonds. The largest absolute Gasteiger partial charge is 0.489 e. The monoisotopic (exact) mass is 460 g/mol. The maximum atomic E-state index is 13.3. The van der Waals surface area contributed by atoms with Gasteiger partial charge in [-0.3, -0.25) is 9.78 Å². The molecule has 1 saturated carbocycles. The first-order valence-corrected chi connectivity index (χ1v) is 10.6. The minimum Gasteiger partial charge on any atom is -0.489 e. The Balaban J connectivity index is 1.78. The van der Waals surface area contributed by atoms with Gasteiger partial charge in [-0.05, 0) is 24.1 Å². The fourth-order valence-corrected chi connectivity index (χ4v) is 4.82. The number of carbonyl (C=O) groups excluding carboxylic acids is 1. The van der Waals surface area contributed by atoms with Gasteiger partial charge in [0, 0.05) is 23.1 Å². The third-order valence-corrected chi connectivity index (χ3v) is 6.28. The van der Waals surface area contributed by atoms with Crippen LogP contribution in [0.15, 0.2) is 30.6 Å². The quantitative estimate of drug-likeness (QED) is 0.671. The maximum Gasteiger partial charge on any atom is 0.417 e. The first kappa shape index (κ1) is 24.5. The lowest BCUT2D eigenvalue weighted by Crippen LogP contribution is -2.74. The molecule has 1 aliphatic rings. The van der Waals surface area contributed by atoms with E-state index in [0.717, 1.165) is 17.8 Å². The molecule has 176 valence electrons. The van der Waals surface area contributed by atoms with Crippen molar-refractivity contribution in [1.82, 2.24) is 15.3 Å². The Kier molecular flexibility index (Phi) is 6.18. The van der Waals surface area contributed by atoms with Crippen LogP contribution in [0.5, 0.6) is 5.75 Å². The van der Waals surface area contributed by atoms with Gasteiger partial charge in [-0.15, -0.1) is 0 Å². The van der Waals surface area contributed by atoms with Gasteiger partial charge in [0.15, 0.2) is 0 Å². The van der Waals surface area contributed by atoms with Crippen LogP contribution in [0.2, 0.25) is 0 Å². The van der Waals surface area contributed by atoms with Gasteiger partial charge in [-0.1, -0.05) is 41.5 Å². The lowest BCUT2D eigenvalue weighted by Gasteiger charge is -2.63. The second kappa shape index (κ2) is 8.32. The van der Waals surface area contributed by atoms with Gasteiger partial charge in [-0.25, -0.2) is 4.98 Å². The summed E-state index contributed by atoms with van der Waals surface area (Å²) in [4.78, 5) is 21.3. The SMILES string of the molecule is CC(C)c1cnc(C(=O)NC2C(C)(C)C(Oc3ccc(C#N)c(C(F)(F)F)c3)C2(C)C)cn1. The minimum atomic E-state index is -4.67. The number of benzene rings is 1. The molecule has 1 N–H and O–H groups in total. The van der Waals surface area contributed by atoms with Gasteiger partial charge < -0.3 is 10.1 Å². The van der Waals surface area contributed by atoms with Crippen molar-refractivity contribution in [2.45, 2.75) is 65.8 Å². The summed E-state index contributed by atoms with van der Waals surface area (Å²) in [7, 11) is 0. The molecular formula is C24H27F3N4O2. The van der Waals surface area contributed by atoms with Crippen LogP contribution in [-0.2, 0) is 6.18 Å². The number of hydrogen-bond donors (Lipinski definition) is 1. The van der Waals surface area contributed by atoms with Crippen molar-refractivity contribution in [3.8, 4) is 11.8 Å². The lowest BCUT2D eigenvalue weighted by atomic mass is 9.49. The first-order chi connectivity index (χ1) is 15.2. The summed E-state index contributed by atoms with van der Waals surface area (Å²) in [6.07, 6.45) is -2.14. The molecule has 1 heterocycles. The van der Waals surface area contributed by atoms with Crippen molar-refractivity contribution in [2.75, 3.05) is 0 Å². The molecule has 33 heavy (non-hydrogen) atoms. The predicted molar refractivity (Wildman–Crippen MR) is 116 cm³/mol. The molecule has 0 aliphatic heterocycles. The Labute approximate surface area is 191 Å². The van der Waals surface area contributed by atoms with Gasteiger partial charge in [0.1, 0.15) is 17.5 Å². The van der Waals surface area contributed by atoms with Crippen LogP contribution >= 0.6 is 0 Å². The zero-order chi connectivity index (χ0) is 24.8. The van der Waals surface area contributed by atoms with Crippen molar-refractivity contribution in [3.05, 3.63) is 53.1 Å². The second-order valence-corrected chi connectivity index (χ2v) is 9.85. The van der Waals surface area contributed by atoms with Crippen LogP contribution in [0, 0.1) is 22.2 Å². The maximum absolute atomic E-state index is 13.3. The number of halogens is 3. The predicted octanol–water partition coefficient (Wildman–Crippen LogP) is 5.10. The number of nitrogens with zero attached hydrogens (tertiary/aromatic N) is 3. The van der Waals surface area contributed by atoms with Crippen molar-refractivity contribution < 1.29 is 22.7 Å². The molecule has 0 bridgehead atoms. The number of carbonyl (C=O) groups is 1. The summed E-state index contributed by atoms with van der Waals surface area (Å²) in [5, 5.41) is 12.0. The Morgan fingerprint density at radius 1 is 1.15 bits per heavy atom. The van der Waals surface area contributed by atoms with Gasteiger partial charge in [0.2, 0.25) is 0 Å². The standard InChI is InChI=1S/C24H27F3N4O2/c1-13(2)17-11-30-18(12-29-17)19(32)31-20-22(3,4)21(23(20,5)6)33-15-8-7-14(10-28)16(9-15)24(25,26)27/h7-9,11-13,20-21H,1-6H3,(H,31,32). The molecule has 1 aromatic carbocycles. The number of amides is 1. The molecule has 0 atom stereocenters. The Hall–Kier alpha value is -3.15. The lowest BCUT2D eigenvalue weighted by molar-refractivity contribution is -0.164. The van der Waals surface area contributed by atoms with Gasteiger partial charge in [-0.2, -0.15) is 18.4 Å². The number of nitriles is 1. The summed E-state index contributed by atoms with van der Waals surface area (Å²) in [5.74, 6) is -0.162. The topological polar surface area (TPSA) is 87.9 Å². The summed E-state index contributed by atoms with van der Waals surface area (Å²) in [5.41, 5.74) is -1.70. The highest BCUT2D eigenvalue weighted by Gasteiger charge is 2.64. The molecule has 0 spiro atoms. The van der Waals surface area contributed by atoms with Crippen LogP contribution in [0.4, 0.5) is 13.2 Å². The van der Waals surface area contributed by atoms with Crippen molar-refractivity contribution in [1.29, 1.82) is 5.26 Å². The Morgan fingerprint density at radius 2 is 1.79 bits per heavy atom. The third kappa shape index (κ3) is 4.52. The number of ether oxygens (including phenoxy) is 1. The van der Waals surface area contributed by atoms with Crippen molar-refractivity contribution in [3.63, 3.8) is 0 Å². The summed E-state index contributed by atoms with van der Waals surface area (Å²) in [6, 6.07) is 4.55. The molecule has 9 heteroatoms. The molecule has 1 aromatic heterocycles. The molecular weight excluding hydrogens is 433 g/mol. The van der Waals surface area contributed by atoms with Crippen LogP contribution in [0.1, 0.15) is 74.8 Å². The third-order valence-electron chi connectivity index (χ3n) is 6.28. The highest BCUT2D eigenvalue weighted by atomic mass is 19.4. The number of alkyl halides is 3. The van der Waals surface area contributed by atoms with E-state index in [1.54, 1.807) is 12.3 Å². The number of rotatable bonds is 5. The van der Waals surface area contributed by atoms with E-state index in [-0.39, 0.29) is 29.3 Å². The van der Waals surface area contributed by atoms with E-state index in [9.17, 15) is 18.0 Å². The van der Waals surface area contributed by atoms with E-state index in [2.05, 4.69) is 15.3 Å². The zero-order valence-electron chi connectivity index (χ0n) is 19.4. The average Bonchev–Trinajstić information content (AvgIpc) is 2.74. The van der Waals surface area contributed by atoms with E-state index in [1.807, 2.05) is 41.5 Å². The number of nitrogens with one attached hydrogen (secondary N) is 1. The number of aromatic nitrogens is 2. The molecule has 0 saturated heterocycles. The summed E-state index contributed by atoms with van der Waals surface area (Å²) in [6.45, 7) is 11.5. The minimum absolute atomic E-state index is 0.0207. The summed E-state index contributed by atoms with van der Waals surface area (Å²) >= 11 is 0. The van der Waals surface area contributed by atoms with Crippen LogP contribution in [0.3, 0.4) is 0 Å². The zero-order valence-corrected chi connectivity index (χ0v) is 19.4. The van der Waals surface area contributed by atoms with Crippen LogP contribution in [0.25, 0.3) is 0 Å². The van der Waals surface area contributed by atoms with Gasteiger partial charge >= 0.3 is 6.18 Å². The smallest absolute Gasteiger partial charge is 0.417 e. The van der Waals surface area contributed by atoms with Crippen LogP contribution in [-0.4, -0.2) is 28.0 Å². The highest BCUT2D eigenvalue weighted by Crippen LogP contribution is 2.55. The molecule has 3 rings (SSSR count). The Morgan fingerprint density at radius 3 is 2.27 bits per heavy atom. The van der Waals surface area contributed by atoms with E-state index >= 15 is 0 Å². The second-order valence-electron chi connectivity index (χ2n) is 9.85. The van der Waals surface area contributed by atoms with E-state index in [0.29, 0.717) is 0 Å². The average molecular weight is 461 g/mol. The molecule has 0 unspecified atom stereocenters. The summed E-state index contributed by atoms with van der Waals surface area (Å²) < 4.78 is 46.0. The van der Waals surface area contributed by atoms with Gasteiger partial charge in [0.25, 0.3) is 5.91 Å². The number of hydrogen-bond acceptors (Lipinski definition) is 5. The molecule has 1 aliphatic carbocycles. The molecule has 2 aromatic rings. The molecule has 1 fully saturated rings. The van der Waals surface area contributed by atoms with Crippen molar-refractivity contribution in [2.24, 2.45) is 10.8 Å². The molecule has 0 radical (unpaired) electrons. The Bertz CT molecular complexity index is 1070. The first-order valence-electron chi connectivity index (χ1n) is 10.6. The normalized spacial score (nSPS) is 21.1. The van der Waals surface area contributed by atoms with Crippen molar-refractivity contribution >= 4 is 5.91 Å².